The van der Waals surface area contributed by atoms with Gasteiger partial charge in [0.2, 0.25) is 5.76 Å². The lowest BCUT2D eigenvalue weighted by Crippen LogP contribution is -2.54. The predicted octanol–water partition coefficient (Wildman–Crippen LogP) is 3.27. The molecule has 0 aliphatic carbocycles. The minimum atomic E-state index is -0.110. The molecule has 28 heavy (non-hydrogen) atoms. The number of benzene rings is 1. The summed E-state index contributed by atoms with van der Waals surface area (Å²) in [6.07, 6.45) is 5.18. The fourth-order valence-electron chi connectivity index (χ4n) is 4.50. The summed E-state index contributed by atoms with van der Waals surface area (Å²) >= 11 is 0. The summed E-state index contributed by atoms with van der Waals surface area (Å²) in [6.45, 7) is 4.96. The van der Waals surface area contributed by atoms with Gasteiger partial charge in [-0.05, 0) is 45.2 Å². The number of carbonyl (C=O) groups is 1. The van der Waals surface area contributed by atoms with Crippen LogP contribution in [-0.4, -0.2) is 59.1 Å². The molecule has 0 saturated carbocycles. The van der Waals surface area contributed by atoms with Crippen LogP contribution < -0.4 is 0 Å². The minimum Gasteiger partial charge on any atom is -0.438 e. The van der Waals surface area contributed by atoms with Gasteiger partial charge >= 0.3 is 0 Å². The summed E-state index contributed by atoms with van der Waals surface area (Å²) in [5, 5.41) is 0. The van der Waals surface area contributed by atoms with E-state index in [0.717, 1.165) is 38.8 Å². The third kappa shape index (κ3) is 3.98. The van der Waals surface area contributed by atoms with E-state index < -0.39 is 0 Å². The first-order valence-corrected chi connectivity index (χ1v) is 10.1. The molecule has 0 N–H and O–H groups in total. The molecule has 150 valence electrons. The third-order valence-electron chi connectivity index (χ3n) is 6.27. The maximum atomic E-state index is 12.7. The number of rotatable bonds is 4. The standard InChI is InChI=1S/C22H29N3O3/c1-17-20(27-16-23-17)21(26)25-11-9-22(10-12-25)14-19(8-13-28-22)24(2)15-18-6-4-3-5-7-18/h3-7,16,19H,8-15H2,1-2H3. The number of aryl methyl sites for hydroxylation is 1. The molecule has 1 aromatic heterocycles. The second kappa shape index (κ2) is 8.05. The van der Waals surface area contributed by atoms with E-state index in [2.05, 4.69) is 47.3 Å². The Kier molecular flexibility index (Phi) is 5.51. The van der Waals surface area contributed by atoms with Gasteiger partial charge < -0.3 is 14.1 Å². The molecule has 0 bridgehead atoms. The van der Waals surface area contributed by atoms with Crippen molar-refractivity contribution in [1.82, 2.24) is 14.8 Å². The number of piperidine rings is 1. The average molecular weight is 383 g/mol. The molecular formula is C22H29N3O3. The van der Waals surface area contributed by atoms with Gasteiger partial charge in [0.1, 0.15) is 0 Å². The van der Waals surface area contributed by atoms with Crippen molar-refractivity contribution in [3.8, 4) is 0 Å². The van der Waals surface area contributed by atoms with Crippen LogP contribution in [0.15, 0.2) is 41.1 Å². The molecule has 2 aliphatic heterocycles. The van der Waals surface area contributed by atoms with E-state index in [4.69, 9.17) is 9.15 Å². The van der Waals surface area contributed by atoms with Crippen LogP contribution in [0.25, 0.3) is 0 Å². The van der Waals surface area contributed by atoms with E-state index in [1.165, 1.54) is 12.0 Å². The van der Waals surface area contributed by atoms with Crippen molar-refractivity contribution < 1.29 is 13.9 Å². The average Bonchev–Trinajstić information content (AvgIpc) is 3.15. The second-order valence-electron chi connectivity index (χ2n) is 8.14. The SMILES string of the molecule is Cc1ncoc1C(=O)N1CCC2(CC1)CC(N(C)Cc1ccccc1)CCO2. The van der Waals surface area contributed by atoms with Crippen LogP contribution in [0.5, 0.6) is 0 Å². The Morgan fingerprint density at radius 2 is 2.04 bits per heavy atom. The van der Waals surface area contributed by atoms with Crippen LogP contribution in [0.2, 0.25) is 0 Å². The number of aromatic nitrogens is 1. The molecule has 4 rings (SSSR count). The molecule has 1 aromatic carbocycles. The monoisotopic (exact) mass is 383 g/mol. The van der Waals surface area contributed by atoms with E-state index in [1.54, 1.807) is 6.92 Å². The molecule has 1 amide bonds. The Bertz CT molecular complexity index is 796. The lowest BCUT2D eigenvalue weighted by atomic mass is 9.81. The van der Waals surface area contributed by atoms with E-state index >= 15 is 0 Å². The molecule has 3 heterocycles. The summed E-state index contributed by atoms with van der Waals surface area (Å²) in [7, 11) is 2.21. The quantitative estimate of drug-likeness (QED) is 0.811. The van der Waals surface area contributed by atoms with Gasteiger partial charge in [0.15, 0.2) is 6.39 Å². The van der Waals surface area contributed by atoms with Crippen LogP contribution in [0.4, 0.5) is 0 Å². The normalized spacial score (nSPS) is 22.0. The number of nitrogens with zero attached hydrogens (tertiary/aromatic N) is 3. The number of likely N-dealkylation sites (tertiary alicyclic amines) is 1. The highest BCUT2D eigenvalue weighted by Crippen LogP contribution is 2.37. The van der Waals surface area contributed by atoms with Crippen molar-refractivity contribution in [3.05, 3.63) is 53.7 Å². The van der Waals surface area contributed by atoms with Crippen LogP contribution >= 0.6 is 0 Å². The highest BCUT2D eigenvalue weighted by molar-refractivity contribution is 5.92. The molecule has 6 nitrogen and oxygen atoms in total. The van der Waals surface area contributed by atoms with Crippen LogP contribution in [0, 0.1) is 6.92 Å². The number of amides is 1. The van der Waals surface area contributed by atoms with Gasteiger partial charge in [0.05, 0.1) is 11.3 Å². The largest absolute Gasteiger partial charge is 0.438 e. The molecule has 0 radical (unpaired) electrons. The fraction of sp³-hybridized carbons (Fsp3) is 0.545. The third-order valence-corrected chi connectivity index (χ3v) is 6.27. The lowest BCUT2D eigenvalue weighted by Gasteiger charge is -2.47. The van der Waals surface area contributed by atoms with E-state index in [-0.39, 0.29) is 11.5 Å². The van der Waals surface area contributed by atoms with Gasteiger partial charge in [-0.15, -0.1) is 0 Å². The molecule has 1 spiro atoms. The van der Waals surface area contributed by atoms with Gasteiger partial charge in [-0.1, -0.05) is 30.3 Å². The van der Waals surface area contributed by atoms with E-state index in [9.17, 15) is 4.79 Å². The number of carbonyl (C=O) groups excluding carboxylic acids is 1. The molecule has 2 aliphatic rings. The minimum absolute atomic E-state index is 0.0570. The number of ether oxygens (including phenoxy) is 1. The maximum Gasteiger partial charge on any atom is 0.291 e. The molecule has 2 saturated heterocycles. The molecule has 2 aromatic rings. The van der Waals surface area contributed by atoms with E-state index in [1.807, 2.05) is 4.90 Å². The number of hydrogen-bond acceptors (Lipinski definition) is 5. The van der Waals surface area contributed by atoms with Gasteiger partial charge in [-0.3, -0.25) is 9.69 Å². The van der Waals surface area contributed by atoms with Crippen molar-refractivity contribution in [2.75, 3.05) is 26.7 Å². The Hall–Kier alpha value is -2.18. The lowest BCUT2D eigenvalue weighted by molar-refractivity contribution is -0.128. The van der Waals surface area contributed by atoms with Crippen molar-refractivity contribution >= 4 is 5.91 Å². The zero-order chi connectivity index (χ0) is 19.6. The smallest absolute Gasteiger partial charge is 0.291 e. The number of oxazole rings is 1. The van der Waals surface area contributed by atoms with E-state index in [0.29, 0.717) is 30.6 Å². The van der Waals surface area contributed by atoms with Gasteiger partial charge in [0, 0.05) is 32.3 Å². The highest BCUT2D eigenvalue weighted by atomic mass is 16.5. The first-order chi connectivity index (χ1) is 13.6. The zero-order valence-electron chi connectivity index (χ0n) is 16.8. The van der Waals surface area contributed by atoms with Crippen LogP contribution in [0.3, 0.4) is 0 Å². The van der Waals surface area contributed by atoms with Crippen LogP contribution in [-0.2, 0) is 11.3 Å². The fourth-order valence-corrected chi connectivity index (χ4v) is 4.50. The van der Waals surface area contributed by atoms with Gasteiger partial charge in [0.25, 0.3) is 5.91 Å². The summed E-state index contributed by atoms with van der Waals surface area (Å²) in [5.41, 5.74) is 1.89. The molecule has 2 fully saturated rings. The Labute approximate surface area is 166 Å². The summed E-state index contributed by atoms with van der Waals surface area (Å²) in [6, 6.07) is 11.1. The Balaban J connectivity index is 1.35. The summed E-state index contributed by atoms with van der Waals surface area (Å²) in [4.78, 5) is 21.0. The molecule has 1 unspecified atom stereocenters. The first-order valence-electron chi connectivity index (χ1n) is 10.1. The Morgan fingerprint density at radius 1 is 1.29 bits per heavy atom. The Morgan fingerprint density at radius 3 is 2.71 bits per heavy atom. The topological polar surface area (TPSA) is 58.8 Å². The van der Waals surface area contributed by atoms with Gasteiger partial charge in [-0.2, -0.15) is 0 Å². The maximum absolute atomic E-state index is 12.7. The molecular weight excluding hydrogens is 354 g/mol. The first kappa shape index (κ1) is 19.2. The van der Waals surface area contributed by atoms with Crippen LogP contribution in [0.1, 0.15) is 47.5 Å². The summed E-state index contributed by atoms with van der Waals surface area (Å²) < 4.78 is 11.6. The van der Waals surface area contributed by atoms with Gasteiger partial charge in [-0.25, -0.2) is 4.98 Å². The van der Waals surface area contributed by atoms with Crippen molar-refractivity contribution in [1.29, 1.82) is 0 Å². The highest BCUT2D eigenvalue weighted by Gasteiger charge is 2.42. The van der Waals surface area contributed by atoms with Crippen molar-refractivity contribution in [2.24, 2.45) is 0 Å². The molecule has 1 atom stereocenters. The van der Waals surface area contributed by atoms with Crippen molar-refractivity contribution in [2.45, 2.75) is 50.8 Å². The zero-order valence-corrected chi connectivity index (χ0v) is 16.8. The second-order valence-corrected chi connectivity index (χ2v) is 8.14. The van der Waals surface area contributed by atoms with Crippen molar-refractivity contribution in [3.63, 3.8) is 0 Å². The number of hydrogen-bond donors (Lipinski definition) is 0. The predicted molar refractivity (Wildman–Crippen MR) is 106 cm³/mol. The molecule has 6 heteroatoms. The summed E-state index contributed by atoms with van der Waals surface area (Å²) in [5.74, 6) is 0.305.